The number of rotatable bonds is 6. The van der Waals surface area contributed by atoms with E-state index in [0.717, 1.165) is 6.42 Å². The molecule has 0 aliphatic rings. The van der Waals surface area contributed by atoms with E-state index in [9.17, 15) is 9.59 Å². The summed E-state index contributed by atoms with van der Waals surface area (Å²) >= 11 is 0. The van der Waals surface area contributed by atoms with E-state index in [2.05, 4.69) is 20.0 Å². The second kappa shape index (κ2) is 7.30. The summed E-state index contributed by atoms with van der Waals surface area (Å²) in [5.74, 6) is -0.0854. The highest BCUT2D eigenvalue weighted by Gasteiger charge is 2.13. The molecule has 7 heteroatoms. The summed E-state index contributed by atoms with van der Waals surface area (Å²) in [5.41, 5.74) is 0.141. The Kier molecular flexibility index (Phi) is 5.72. The molecular formula is C12H18N4O3. The summed E-state index contributed by atoms with van der Waals surface area (Å²) in [5, 5.41) is 2.56. The molecule has 19 heavy (non-hydrogen) atoms. The van der Waals surface area contributed by atoms with Crippen LogP contribution in [0.4, 0.5) is 5.82 Å². The number of amides is 1. The number of hydrogen-bond donors (Lipinski definition) is 1. The van der Waals surface area contributed by atoms with Crippen molar-refractivity contribution in [3.63, 3.8) is 0 Å². The van der Waals surface area contributed by atoms with Gasteiger partial charge in [0.05, 0.1) is 26.0 Å². The molecule has 0 radical (unpaired) electrons. The molecule has 104 valence electrons. The molecule has 0 saturated carbocycles. The van der Waals surface area contributed by atoms with Gasteiger partial charge in [-0.05, 0) is 6.42 Å². The van der Waals surface area contributed by atoms with Gasteiger partial charge >= 0.3 is 5.97 Å². The monoisotopic (exact) mass is 266 g/mol. The Morgan fingerprint density at radius 1 is 1.37 bits per heavy atom. The van der Waals surface area contributed by atoms with Crippen LogP contribution in [0.15, 0.2) is 12.4 Å². The van der Waals surface area contributed by atoms with Crippen molar-refractivity contribution in [2.75, 3.05) is 32.1 Å². The van der Waals surface area contributed by atoms with E-state index < -0.39 is 5.97 Å². The first kappa shape index (κ1) is 14.9. The van der Waals surface area contributed by atoms with Crippen molar-refractivity contribution >= 4 is 17.7 Å². The van der Waals surface area contributed by atoms with Crippen LogP contribution in [0.1, 0.15) is 23.8 Å². The quantitative estimate of drug-likeness (QED) is 0.742. The minimum absolute atomic E-state index is 0.104. The minimum atomic E-state index is -0.535. The lowest BCUT2D eigenvalue weighted by Crippen LogP contribution is -2.36. The van der Waals surface area contributed by atoms with Gasteiger partial charge in [0.15, 0.2) is 5.69 Å². The molecule has 1 N–H and O–H groups in total. The number of ether oxygens (including phenoxy) is 1. The summed E-state index contributed by atoms with van der Waals surface area (Å²) in [7, 11) is 2.87. The number of carbonyl (C=O) groups is 2. The van der Waals surface area contributed by atoms with Crippen molar-refractivity contribution in [1.29, 1.82) is 0 Å². The molecule has 1 aromatic heterocycles. The Labute approximate surface area is 112 Å². The maximum atomic E-state index is 11.4. The third-order valence-electron chi connectivity index (χ3n) is 2.46. The maximum Gasteiger partial charge on any atom is 0.358 e. The predicted molar refractivity (Wildman–Crippen MR) is 69.9 cm³/mol. The molecule has 0 saturated heterocycles. The van der Waals surface area contributed by atoms with Crippen LogP contribution in [0.25, 0.3) is 0 Å². The van der Waals surface area contributed by atoms with Crippen LogP contribution in [-0.2, 0) is 9.53 Å². The second-order valence-electron chi connectivity index (χ2n) is 3.85. The number of hydrogen-bond acceptors (Lipinski definition) is 6. The van der Waals surface area contributed by atoms with E-state index in [1.165, 1.54) is 19.5 Å². The van der Waals surface area contributed by atoms with Crippen LogP contribution in [0.3, 0.4) is 0 Å². The molecule has 0 fully saturated rings. The van der Waals surface area contributed by atoms with Crippen LogP contribution in [-0.4, -0.2) is 49.1 Å². The molecule has 0 atom stereocenters. The average Bonchev–Trinajstić information content (AvgIpc) is 2.46. The van der Waals surface area contributed by atoms with Crippen LogP contribution < -0.4 is 10.2 Å². The molecule has 0 aliphatic heterocycles. The number of aromatic nitrogens is 2. The SMILES string of the molecule is CCCN(CC(=O)NC)c1cnc(C(=O)OC)cn1. The molecule has 0 aliphatic carbocycles. The highest BCUT2D eigenvalue weighted by Crippen LogP contribution is 2.09. The zero-order chi connectivity index (χ0) is 14.3. The fraction of sp³-hybridized carbons (Fsp3) is 0.500. The Morgan fingerprint density at radius 2 is 2.11 bits per heavy atom. The fourth-order valence-electron chi connectivity index (χ4n) is 1.49. The summed E-state index contributed by atoms with van der Waals surface area (Å²) in [6.45, 7) is 2.89. The first-order valence-electron chi connectivity index (χ1n) is 5.98. The van der Waals surface area contributed by atoms with Crippen LogP contribution in [0, 0.1) is 0 Å². The first-order chi connectivity index (χ1) is 9.12. The van der Waals surface area contributed by atoms with Crippen molar-refractivity contribution in [3.05, 3.63) is 18.1 Å². The number of anilines is 1. The Bertz CT molecular complexity index is 433. The van der Waals surface area contributed by atoms with E-state index >= 15 is 0 Å². The highest BCUT2D eigenvalue weighted by molar-refractivity contribution is 5.86. The normalized spacial score (nSPS) is 9.84. The molecule has 0 unspecified atom stereocenters. The van der Waals surface area contributed by atoms with Gasteiger partial charge in [0, 0.05) is 13.6 Å². The van der Waals surface area contributed by atoms with Gasteiger partial charge in [-0.15, -0.1) is 0 Å². The smallest absolute Gasteiger partial charge is 0.358 e. The Balaban J connectivity index is 2.84. The van der Waals surface area contributed by atoms with E-state index in [0.29, 0.717) is 12.4 Å². The molecule has 0 bridgehead atoms. The van der Waals surface area contributed by atoms with Gasteiger partial charge in [0.1, 0.15) is 5.82 Å². The summed E-state index contributed by atoms with van der Waals surface area (Å²) in [6.07, 6.45) is 3.68. The lowest BCUT2D eigenvalue weighted by Gasteiger charge is -2.21. The maximum absolute atomic E-state index is 11.4. The van der Waals surface area contributed by atoms with Gasteiger partial charge in [0.2, 0.25) is 5.91 Å². The standard InChI is InChI=1S/C12H18N4O3/c1-4-5-16(8-11(17)13-2)10-7-14-9(6-15-10)12(18)19-3/h6-7H,4-5,8H2,1-3H3,(H,13,17). The van der Waals surface area contributed by atoms with Crippen molar-refractivity contribution in [2.24, 2.45) is 0 Å². The number of likely N-dealkylation sites (N-methyl/N-ethyl adjacent to an activating group) is 1. The van der Waals surface area contributed by atoms with Crippen molar-refractivity contribution in [3.8, 4) is 0 Å². The van der Waals surface area contributed by atoms with Gasteiger partial charge in [-0.2, -0.15) is 0 Å². The van der Waals surface area contributed by atoms with Crippen LogP contribution >= 0.6 is 0 Å². The van der Waals surface area contributed by atoms with Crippen LogP contribution in [0.5, 0.6) is 0 Å². The number of carbonyl (C=O) groups excluding carboxylic acids is 2. The fourth-order valence-corrected chi connectivity index (χ4v) is 1.49. The van der Waals surface area contributed by atoms with E-state index in [-0.39, 0.29) is 18.1 Å². The number of nitrogens with zero attached hydrogens (tertiary/aromatic N) is 3. The first-order valence-corrected chi connectivity index (χ1v) is 5.98. The Morgan fingerprint density at radius 3 is 2.58 bits per heavy atom. The van der Waals surface area contributed by atoms with E-state index in [4.69, 9.17) is 0 Å². The highest BCUT2D eigenvalue weighted by atomic mass is 16.5. The van der Waals surface area contributed by atoms with Gasteiger partial charge in [0.25, 0.3) is 0 Å². The lowest BCUT2D eigenvalue weighted by atomic mass is 10.3. The lowest BCUT2D eigenvalue weighted by molar-refractivity contribution is -0.119. The summed E-state index contributed by atoms with van der Waals surface area (Å²) in [6, 6.07) is 0. The Hall–Kier alpha value is -2.18. The second-order valence-corrected chi connectivity index (χ2v) is 3.85. The van der Waals surface area contributed by atoms with Crippen molar-refractivity contribution < 1.29 is 14.3 Å². The third kappa shape index (κ3) is 4.20. The van der Waals surface area contributed by atoms with Gasteiger partial charge in [-0.25, -0.2) is 14.8 Å². The zero-order valence-electron chi connectivity index (χ0n) is 11.3. The summed E-state index contributed by atoms with van der Waals surface area (Å²) < 4.78 is 4.55. The van der Waals surface area contributed by atoms with Crippen molar-refractivity contribution in [2.45, 2.75) is 13.3 Å². The van der Waals surface area contributed by atoms with Crippen molar-refractivity contribution in [1.82, 2.24) is 15.3 Å². The number of nitrogens with one attached hydrogen (secondary N) is 1. The molecule has 0 spiro atoms. The predicted octanol–water partition coefficient (Wildman–Crippen LogP) is 0.226. The number of methoxy groups -OCH3 is 1. The summed E-state index contributed by atoms with van der Waals surface area (Å²) in [4.78, 5) is 32.6. The van der Waals surface area contributed by atoms with Crippen LogP contribution in [0.2, 0.25) is 0 Å². The molecule has 7 nitrogen and oxygen atoms in total. The molecule has 1 amide bonds. The van der Waals surface area contributed by atoms with Gasteiger partial charge in [-0.1, -0.05) is 6.92 Å². The van der Waals surface area contributed by atoms with Gasteiger partial charge in [-0.3, -0.25) is 4.79 Å². The molecule has 1 heterocycles. The van der Waals surface area contributed by atoms with E-state index in [1.54, 1.807) is 11.9 Å². The van der Waals surface area contributed by atoms with E-state index in [1.807, 2.05) is 6.92 Å². The number of esters is 1. The molecule has 0 aromatic carbocycles. The average molecular weight is 266 g/mol. The topological polar surface area (TPSA) is 84.4 Å². The third-order valence-corrected chi connectivity index (χ3v) is 2.46. The minimum Gasteiger partial charge on any atom is -0.464 e. The van der Waals surface area contributed by atoms with Gasteiger partial charge < -0.3 is 15.0 Å². The molecule has 1 rings (SSSR count). The largest absolute Gasteiger partial charge is 0.464 e. The zero-order valence-corrected chi connectivity index (χ0v) is 11.3. The molecule has 1 aromatic rings. The molecular weight excluding hydrogens is 248 g/mol.